The van der Waals surface area contributed by atoms with Crippen LogP contribution >= 0.6 is 0 Å². The fraction of sp³-hybridized carbons (Fsp3) is 0.900. The summed E-state index contributed by atoms with van der Waals surface area (Å²) in [6, 6.07) is 0.0549. The topological polar surface area (TPSA) is 43.9 Å². The first kappa shape index (κ1) is 18.7. The zero-order valence-corrected chi connectivity index (χ0v) is 16.1. The van der Waals surface area contributed by atoms with Gasteiger partial charge in [0.05, 0.1) is 6.04 Å². The molecule has 25 heavy (non-hydrogen) atoms. The second kappa shape index (κ2) is 8.52. The van der Waals surface area contributed by atoms with Gasteiger partial charge in [0.25, 0.3) is 0 Å². The van der Waals surface area contributed by atoms with Gasteiger partial charge in [0.1, 0.15) is 0 Å². The fourth-order valence-corrected chi connectivity index (χ4v) is 4.57. The van der Waals surface area contributed by atoms with Crippen LogP contribution in [0.1, 0.15) is 58.8 Å². The molecule has 2 amide bonds. The minimum atomic E-state index is 0.0549. The quantitative estimate of drug-likeness (QED) is 0.739. The minimum absolute atomic E-state index is 0.0549. The zero-order chi connectivity index (χ0) is 17.8. The van der Waals surface area contributed by atoms with Crippen LogP contribution < -0.4 is 0 Å². The van der Waals surface area contributed by atoms with Crippen LogP contribution in [0.15, 0.2) is 0 Å². The third-order valence-electron chi connectivity index (χ3n) is 6.29. The summed E-state index contributed by atoms with van der Waals surface area (Å²) < 4.78 is 0. The molecule has 2 saturated heterocycles. The lowest BCUT2D eigenvalue weighted by atomic mass is 10.0. The predicted octanol–water partition coefficient (Wildman–Crippen LogP) is 2.36. The van der Waals surface area contributed by atoms with Gasteiger partial charge >= 0.3 is 0 Å². The Labute approximate surface area is 152 Å². The molecule has 1 saturated carbocycles. The molecule has 1 aliphatic carbocycles. The monoisotopic (exact) mass is 349 g/mol. The standard InChI is InChI=1S/C20H35N3O2/c1-16(2)7-9-23-10-8-18(20(23)25)21-11-13-22(14-12-21)19(24)15-17-5-3-4-6-17/h16-18H,3-15H2,1-2H3. The summed E-state index contributed by atoms with van der Waals surface area (Å²) in [5.41, 5.74) is 0. The highest BCUT2D eigenvalue weighted by Crippen LogP contribution is 2.28. The van der Waals surface area contributed by atoms with Crippen LogP contribution in [0, 0.1) is 11.8 Å². The molecule has 0 aromatic rings. The number of rotatable bonds is 6. The molecule has 0 N–H and O–H groups in total. The largest absolute Gasteiger partial charge is 0.341 e. The molecule has 2 aliphatic heterocycles. The first-order chi connectivity index (χ1) is 12.0. The van der Waals surface area contributed by atoms with Crippen LogP contribution in [-0.2, 0) is 9.59 Å². The Hall–Kier alpha value is -1.10. The second-order valence-corrected chi connectivity index (χ2v) is 8.58. The normalized spacial score (nSPS) is 26.2. The van der Waals surface area contributed by atoms with Crippen molar-refractivity contribution in [2.75, 3.05) is 39.3 Å². The maximum Gasteiger partial charge on any atom is 0.239 e. The van der Waals surface area contributed by atoms with Gasteiger partial charge in [0.2, 0.25) is 11.8 Å². The van der Waals surface area contributed by atoms with E-state index in [1.54, 1.807) is 0 Å². The molecule has 0 aromatic heterocycles. The number of nitrogens with zero attached hydrogens (tertiary/aromatic N) is 3. The van der Waals surface area contributed by atoms with Crippen molar-refractivity contribution in [3.05, 3.63) is 0 Å². The van der Waals surface area contributed by atoms with E-state index in [0.717, 1.165) is 58.5 Å². The first-order valence-electron chi connectivity index (χ1n) is 10.3. The second-order valence-electron chi connectivity index (χ2n) is 8.58. The molecule has 3 rings (SSSR count). The van der Waals surface area contributed by atoms with E-state index in [4.69, 9.17) is 0 Å². The number of carbonyl (C=O) groups is 2. The Morgan fingerprint density at radius 3 is 2.36 bits per heavy atom. The first-order valence-corrected chi connectivity index (χ1v) is 10.3. The van der Waals surface area contributed by atoms with Crippen molar-refractivity contribution in [3.63, 3.8) is 0 Å². The number of hydrogen-bond acceptors (Lipinski definition) is 3. The van der Waals surface area contributed by atoms with Gasteiger partial charge in [0.15, 0.2) is 0 Å². The van der Waals surface area contributed by atoms with Crippen molar-refractivity contribution in [2.45, 2.75) is 64.8 Å². The third kappa shape index (κ3) is 4.75. The lowest BCUT2D eigenvalue weighted by molar-refractivity contribution is -0.136. The number of piperazine rings is 1. The zero-order valence-electron chi connectivity index (χ0n) is 16.1. The van der Waals surface area contributed by atoms with Gasteiger partial charge < -0.3 is 9.80 Å². The summed E-state index contributed by atoms with van der Waals surface area (Å²) in [5, 5.41) is 0. The lowest BCUT2D eigenvalue weighted by Gasteiger charge is -2.37. The van der Waals surface area contributed by atoms with Gasteiger partial charge in [-0.05, 0) is 37.5 Å². The molecular formula is C20H35N3O2. The maximum atomic E-state index is 12.7. The fourth-order valence-electron chi connectivity index (χ4n) is 4.57. The van der Waals surface area contributed by atoms with Crippen LogP contribution in [0.3, 0.4) is 0 Å². The molecular weight excluding hydrogens is 314 g/mol. The van der Waals surface area contributed by atoms with Crippen molar-refractivity contribution >= 4 is 11.8 Å². The number of carbonyl (C=O) groups excluding carboxylic acids is 2. The van der Waals surface area contributed by atoms with Gasteiger partial charge in [-0.15, -0.1) is 0 Å². The molecule has 3 fully saturated rings. The molecule has 5 nitrogen and oxygen atoms in total. The van der Waals surface area contributed by atoms with Crippen LogP contribution in [0.25, 0.3) is 0 Å². The van der Waals surface area contributed by atoms with E-state index < -0.39 is 0 Å². The average Bonchev–Trinajstić information content (AvgIpc) is 3.23. The molecule has 0 aromatic carbocycles. The Balaban J connectivity index is 1.42. The van der Waals surface area contributed by atoms with Crippen molar-refractivity contribution in [2.24, 2.45) is 11.8 Å². The predicted molar refractivity (Wildman–Crippen MR) is 99.2 cm³/mol. The molecule has 0 radical (unpaired) electrons. The molecule has 0 spiro atoms. The molecule has 2 heterocycles. The summed E-state index contributed by atoms with van der Waals surface area (Å²) in [6.07, 6.45) is 7.83. The third-order valence-corrected chi connectivity index (χ3v) is 6.29. The number of hydrogen-bond donors (Lipinski definition) is 0. The van der Waals surface area contributed by atoms with Crippen LogP contribution in [0.2, 0.25) is 0 Å². The number of likely N-dealkylation sites (tertiary alicyclic amines) is 1. The highest BCUT2D eigenvalue weighted by Gasteiger charge is 2.37. The minimum Gasteiger partial charge on any atom is -0.341 e. The van der Waals surface area contributed by atoms with Gasteiger partial charge in [-0.2, -0.15) is 0 Å². The maximum absolute atomic E-state index is 12.7. The van der Waals surface area contributed by atoms with Crippen LogP contribution in [0.5, 0.6) is 0 Å². The smallest absolute Gasteiger partial charge is 0.239 e. The van der Waals surface area contributed by atoms with Crippen molar-refractivity contribution in [3.8, 4) is 0 Å². The molecule has 1 atom stereocenters. The van der Waals surface area contributed by atoms with Gasteiger partial charge in [0, 0.05) is 45.7 Å². The Morgan fingerprint density at radius 2 is 1.72 bits per heavy atom. The van der Waals surface area contributed by atoms with Crippen molar-refractivity contribution in [1.29, 1.82) is 0 Å². The van der Waals surface area contributed by atoms with E-state index in [1.165, 1.54) is 25.7 Å². The van der Waals surface area contributed by atoms with E-state index in [0.29, 0.717) is 23.7 Å². The van der Waals surface area contributed by atoms with Crippen molar-refractivity contribution < 1.29 is 9.59 Å². The summed E-state index contributed by atoms with van der Waals surface area (Å²) in [5.74, 6) is 1.91. The average molecular weight is 350 g/mol. The Morgan fingerprint density at radius 1 is 1.04 bits per heavy atom. The Kier molecular flexibility index (Phi) is 6.37. The van der Waals surface area contributed by atoms with E-state index >= 15 is 0 Å². The lowest BCUT2D eigenvalue weighted by Crippen LogP contribution is -2.54. The van der Waals surface area contributed by atoms with E-state index in [-0.39, 0.29) is 6.04 Å². The van der Waals surface area contributed by atoms with Crippen molar-refractivity contribution in [1.82, 2.24) is 14.7 Å². The van der Waals surface area contributed by atoms with E-state index in [9.17, 15) is 9.59 Å². The number of amides is 2. The summed E-state index contributed by atoms with van der Waals surface area (Å²) in [6.45, 7) is 9.50. The van der Waals surface area contributed by atoms with Gasteiger partial charge in [-0.1, -0.05) is 26.7 Å². The molecule has 0 bridgehead atoms. The van der Waals surface area contributed by atoms with Crippen LogP contribution in [-0.4, -0.2) is 71.8 Å². The highest BCUT2D eigenvalue weighted by atomic mass is 16.2. The van der Waals surface area contributed by atoms with Gasteiger partial charge in [-0.3, -0.25) is 14.5 Å². The summed E-state index contributed by atoms with van der Waals surface area (Å²) >= 11 is 0. The highest BCUT2D eigenvalue weighted by molar-refractivity contribution is 5.84. The van der Waals surface area contributed by atoms with E-state index in [1.807, 2.05) is 9.80 Å². The molecule has 1 unspecified atom stereocenters. The Bertz CT molecular complexity index is 466. The molecule has 5 heteroatoms. The van der Waals surface area contributed by atoms with Crippen LogP contribution in [0.4, 0.5) is 0 Å². The van der Waals surface area contributed by atoms with E-state index in [2.05, 4.69) is 18.7 Å². The molecule has 142 valence electrons. The van der Waals surface area contributed by atoms with Gasteiger partial charge in [-0.25, -0.2) is 0 Å². The summed E-state index contributed by atoms with van der Waals surface area (Å²) in [4.78, 5) is 31.5. The SMILES string of the molecule is CC(C)CCN1CCC(N2CCN(C(=O)CC3CCCC3)CC2)C1=O. The molecule has 3 aliphatic rings. The summed E-state index contributed by atoms with van der Waals surface area (Å²) in [7, 11) is 0.